The van der Waals surface area contributed by atoms with Crippen molar-refractivity contribution in [3.05, 3.63) is 83.2 Å². The average molecular weight is 430 g/mol. The highest BCUT2D eigenvalue weighted by atomic mass is 19.3. The molecule has 0 radical (unpaired) electrons. The van der Waals surface area contributed by atoms with Crippen LogP contribution in [0.1, 0.15) is 36.9 Å². The number of hydrogen-bond donors (Lipinski definition) is 3. The second kappa shape index (κ2) is 9.70. The van der Waals surface area contributed by atoms with E-state index in [1.54, 1.807) is 24.3 Å². The van der Waals surface area contributed by atoms with E-state index in [4.69, 9.17) is 0 Å². The molecule has 31 heavy (non-hydrogen) atoms. The van der Waals surface area contributed by atoms with E-state index < -0.39 is 30.6 Å². The number of benzene rings is 2. The molecular formula is C21H17F3N4O3. The van der Waals surface area contributed by atoms with Crippen molar-refractivity contribution >= 4 is 23.3 Å². The van der Waals surface area contributed by atoms with E-state index in [0.29, 0.717) is 16.8 Å². The largest absolute Gasteiger partial charge is 0.345 e. The molecule has 1 aromatic heterocycles. The van der Waals surface area contributed by atoms with E-state index >= 15 is 0 Å². The van der Waals surface area contributed by atoms with Crippen LogP contribution in [0.25, 0.3) is 0 Å². The van der Waals surface area contributed by atoms with Crippen LogP contribution < -0.4 is 10.6 Å². The van der Waals surface area contributed by atoms with Gasteiger partial charge in [-0.05, 0) is 42.0 Å². The van der Waals surface area contributed by atoms with Crippen molar-refractivity contribution in [3.8, 4) is 0 Å². The molecule has 1 heterocycles. The Kier molecular flexibility index (Phi) is 6.81. The molecule has 0 aliphatic heterocycles. The number of halogens is 3. The molecule has 0 aliphatic rings. The first kappa shape index (κ1) is 21.8. The van der Waals surface area contributed by atoms with Crippen molar-refractivity contribution in [1.82, 2.24) is 15.3 Å². The Morgan fingerprint density at radius 3 is 2.29 bits per heavy atom. The Bertz CT molecular complexity index is 1080. The van der Waals surface area contributed by atoms with Gasteiger partial charge in [-0.3, -0.25) is 14.4 Å². The van der Waals surface area contributed by atoms with Crippen LogP contribution in [0.4, 0.5) is 18.9 Å². The molecule has 10 heteroatoms. The summed E-state index contributed by atoms with van der Waals surface area (Å²) in [5, 5.41) is 4.54. The molecule has 0 saturated carbocycles. The van der Waals surface area contributed by atoms with E-state index in [1.807, 2.05) is 5.32 Å². The number of carbonyl (C=O) groups is 3. The number of nitrogens with zero attached hydrogens (tertiary/aromatic N) is 1. The lowest BCUT2D eigenvalue weighted by atomic mass is 10.0. The highest BCUT2D eigenvalue weighted by Gasteiger charge is 2.21. The maximum Gasteiger partial charge on any atom is 0.276 e. The summed E-state index contributed by atoms with van der Waals surface area (Å²) in [5.74, 6) is -2.20. The van der Waals surface area contributed by atoms with Gasteiger partial charge in [0.15, 0.2) is 11.5 Å². The van der Waals surface area contributed by atoms with Crippen LogP contribution in [-0.2, 0) is 6.42 Å². The van der Waals surface area contributed by atoms with E-state index in [0.717, 1.165) is 6.33 Å². The highest BCUT2D eigenvalue weighted by Crippen LogP contribution is 2.15. The van der Waals surface area contributed by atoms with Gasteiger partial charge in [-0.2, -0.15) is 0 Å². The predicted octanol–water partition coefficient (Wildman–Crippen LogP) is 3.22. The number of H-pyrrole nitrogens is 1. The molecule has 0 unspecified atom stereocenters. The number of nitrogens with one attached hydrogen (secondary N) is 3. The van der Waals surface area contributed by atoms with Crippen LogP contribution in [0.15, 0.2) is 54.9 Å². The topological polar surface area (TPSA) is 104 Å². The number of aromatic nitrogens is 2. The molecule has 0 fully saturated rings. The third-order valence-electron chi connectivity index (χ3n) is 4.24. The lowest BCUT2D eigenvalue weighted by Gasteiger charge is -2.07. The van der Waals surface area contributed by atoms with Crippen molar-refractivity contribution in [3.63, 3.8) is 0 Å². The van der Waals surface area contributed by atoms with Crippen LogP contribution in [0.5, 0.6) is 0 Å². The van der Waals surface area contributed by atoms with Gasteiger partial charge in [-0.15, -0.1) is 0 Å². The van der Waals surface area contributed by atoms with Crippen LogP contribution in [-0.4, -0.2) is 40.5 Å². The zero-order valence-corrected chi connectivity index (χ0v) is 16.0. The zero-order chi connectivity index (χ0) is 22.4. The minimum atomic E-state index is -2.72. The lowest BCUT2D eigenvalue weighted by molar-refractivity contribution is 0.0880. The normalized spacial score (nSPS) is 10.7. The molecule has 0 atom stereocenters. The van der Waals surface area contributed by atoms with Crippen LogP contribution in [0.2, 0.25) is 0 Å². The number of anilines is 1. The summed E-state index contributed by atoms with van der Waals surface area (Å²) in [5.41, 5.74) is 0.959. The van der Waals surface area contributed by atoms with Crippen molar-refractivity contribution in [2.24, 2.45) is 0 Å². The van der Waals surface area contributed by atoms with Crippen molar-refractivity contribution < 1.29 is 27.6 Å². The average Bonchev–Trinajstić information content (AvgIpc) is 3.24. The second-order valence-corrected chi connectivity index (χ2v) is 6.49. The summed E-state index contributed by atoms with van der Waals surface area (Å²) in [7, 11) is 0. The first-order valence-corrected chi connectivity index (χ1v) is 9.12. The molecule has 2 aromatic carbocycles. The van der Waals surface area contributed by atoms with Gasteiger partial charge in [0.2, 0.25) is 0 Å². The maximum atomic E-state index is 13.0. The summed E-state index contributed by atoms with van der Waals surface area (Å²) >= 11 is 0. The molecule has 0 saturated heterocycles. The van der Waals surface area contributed by atoms with E-state index in [2.05, 4.69) is 15.3 Å². The summed E-state index contributed by atoms with van der Waals surface area (Å²) in [6, 6.07) is 11.6. The molecule has 7 nitrogen and oxygen atoms in total. The molecule has 3 rings (SSSR count). The minimum Gasteiger partial charge on any atom is -0.345 e. The van der Waals surface area contributed by atoms with Gasteiger partial charge < -0.3 is 15.6 Å². The molecule has 2 amide bonds. The van der Waals surface area contributed by atoms with Gasteiger partial charge in [-0.25, -0.2) is 18.2 Å². The lowest BCUT2D eigenvalue weighted by Crippen LogP contribution is -2.30. The molecule has 0 aliphatic carbocycles. The van der Waals surface area contributed by atoms with E-state index in [1.165, 1.54) is 24.3 Å². The third kappa shape index (κ3) is 5.78. The highest BCUT2D eigenvalue weighted by molar-refractivity contribution is 6.10. The van der Waals surface area contributed by atoms with Gasteiger partial charge in [0.05, 0.1) is 12.9 Å². The number of amides is 2. The summed E-state index contributed by atoms with van der Waals surface area (Å²) in [6.07, 6.45) is -1.53. The SMILES string of the molecule is O=C(Cc1ccc(NC(=O)c2nc[nH]c2C(=O)NCC(F)F)cc1)c1ccc(F)cc1. The Hall–Kier alpha value is -3.95. The van der Waals surface area contributed by atoms with Crippen LogP contribution in [0.3, 0.4) is 0 Å². The molecule has 3 aromatic rings. The number of rotatable bonds is 8. The smallest absolute Gasteiger partial charge is 0.276 e. The Balaban J connectivity index is 1.62. The van der Waals surface area contributed by atoms with Crippen LogP contribution >= 0.6 is 0 Å². The molecule has 160 valence electrons. The summed E-state index contributed by atoms with van der Waals surface area (Å²) in [4.78, 5) is 42.8. The maximum absolute atomic E-state index is 13.0. The second-order valence-electron chi connectivity index (χ2n) is 6.49. The monoisotopic (exact) mass is 430 g/mol. The number of aromatic amines is 1. The first-order valence-electron chi connectivity index (χ1n) is 9.12. The number of carbonyl (C=O) groups excluding carboxylic acids is 3. The van der Waals surface area contributed by atoms with Gasteiger partial charge in [0.25, 0.3) is 18.2 Å². The molecule has 0 spiro atoms. The first-order chi connectivity index (χ1) is 14.8. The van der Waals surface area contributed by atoms with Gasteiger partial charge in [0.1, 0.15) is 11.5 Å². The van der Waals surface area contributed by atoms with Gasteiger partial charge in [0, 0.05) is 17.7 Å². The fraction of sp³-hybridized carbons (Fsp3) is 0.143. The minimum absolute atomic E-state index is 0.0910. The Labute approximate surface area is 174 Å². The zero-order valence-electron chi connectivity index (χ0n) is 16.0. The number of alkyl halides is 2. The molecular weight excluding hydrogens is 413 g/mol. The van der Waals surface area contributed by atoms with Crippen molar-refractivity contribution in [1.29, 1.82) is 0 Å². The quantitative estimate of drug-likeness (QED) is 0.478. The fourth-order valence-electron chi connectivity index (χ4n) is 2.72. The fourth-order valence-corrected chi connectivity index (χ4v) is 2.72. The molecule has 0 bridgehead atoms. The Morgan fingerprint density at radius 1 is 0.968 bits per heavy atom. The third-order valence-corrected chi connectivity index (χ3v) is 4.24. The number of ketones is 1. The molecule has 3 N–H and O–H groups in total. The Morgan fingerprint density at radius 2 is 1.65 bits per heavy atom. The van der Waals surface area contributed by atoms with E-state index in [-0.39, 0.29) is 23.6 Å². The standard InChI is InChI=1S/C21H17F3N4O3/c22-14-5-3-13(4-6-14)16(29)9-12-1-7-15(8-2-12)28-21(31)19-18(26-11-27-19)20(30)25-10-17(23)24/h1-8,11,17H,9-10H2,(H,25,30)(H,26,27)(H,28,31). The van der Waals surface area contributed by atoms with Gasteiger partial charge in [-0.1, -0.05) is 12.1 Å². The number of hydrogen-bond acceptors (Lipinski definition) is 4. The number of imidazole rings is 1. The van der Waals surface area contributed by atoms with Gasteiger partial charge >= 0.3 is 0 Å². The van der Waals surface area contributed by atoms with Crippen molar-refractivity contribution in [2.75, 3.05) is 11.9 Å². The number of Topliss-reactive ketones (excluding diaryl/α,β-unsaturated/α-hetero) is 1. The predicted molar refractivity (Wildman–Crippen MR) is 106 cm³/mol. The van der Waals surface area contributed by atoms with Crippen LogP contribution in [0, 0.1) is 5.82 Å². The summed E-state index contributed by atoms with van der Waals surface area (Å²) < 4.78 is 37.5. The van der Waals surface area contributed by atoms with E-state index in [9.17, 15) is 27.6 Å². The summed E-state index contributed by atoms with van der Waals surface area (Å²) in [6.45, 7) is -0.850. The van der Waals surface area contributed by atoms with Crippen molar-refractivity contribution in [2.45, 2.75) is 12.8 Å².